The summed E-state index contributed by atoms with van der Waals surface area (Å²) in [5, 5.41) is 4.94. The minimum atomic E-state index is 0.356. The van der Waals surface area contributed by atoms with Gasteiger partial charge in [0.05, 0.1) is 9.50 Å². The second-order valence-corrected chi connectivity index (χ2v) is 5.49. The van der Waals surface area contributed by atoms with Crippen LogP contribution in [-0.2, 0) is 0 Å². The molecule has 0 aliphatic rings. The third kappa shape index (κ3) is 3.93. The van der Waals surface area contributed by atoms with Gasteiger partial charge in [-0.15, -0.1) is 0 Å². The van der Waals surface area contributed by atoms with Crippen molar-refractivity contribution in [2.24, 2.45) is 5.92 Å². The van der Waals surface area contributed by atoms with Crippen molar-refractivity contribution in [1.82, 2.24) is 4.98 Å². The summed E-state index contributed by atoms with van der Waals surface area (Å²) < 4.78 is 0.892. The summed E-state index contributed by atoms with van der Waals surface area (Å²) in [5.74, 6) is 1.37. The first-order chi connectivity index (χ1) is 7.04. The van der Waals surface area contributed by atoms with Gasteiger partial charge in [-0.05, 0) is 34.8 Å². The average Bonchev–Trinajstić information content (AvgIpc) is 2.20. The van der Waals surface area contributed by atoms with E-state index in [1.54, 1.807) is 6.20 Å². The molecule has 1 N–H and O–H groups in total. The minimum Gasteiger partial charge on any atom is -0.366 e. The molecule has 0 fully saturated rings. The summed E-state index contributed by atoms with van der Waals surface area (Å²) in [6.45, 7) is 4.31. The lowest BCUT2D eigenvalue weighted by Gasteiger charge is -2.20. The Hall–Kier alpha value is 0.200. The lowest BCUT2D eigenvalue weighted by molar-refractivity contribution is 0.570. The molecule has 0 amide bonds. The Kier molecular flexibility index (Phi) is 5.36. The standard InChI is InChI=1S/C10H13Br2ClN2/c1-6(4-11)7(2)15-10-9(12)3-8(13)5-14-10/h3,5-7H,4H2,1-2H3,(H,14,15). The number of halogens is 3. The predicted octanol–water partition coefficient (Wildman–Crippen LogP) is 4.33. The molecule has 84 valence electrons. The molecule has 0 aliphatic carbocycles. The maximum absolute atomic E-state index is 5.82. The van der Waals surface area contributed by atoms with Crippen molar-refractivity contribution in [3.05, 3.63) is 21.8 Å². The number of hydrogen-bond donors (Lipinski definition) is 1. The van der Waals surface area contributed by atoms with Gasteiger partial charge >= 0.3 is 0 Å². The lowest BCUT2D eigenvalue weighted by Crippen LogP contribution is -2.25. The van der Waals surface area contributed by atoms with Crippen molar-refractivity contribution in [2.75, 3.05) is 10.6 Å². The molecule has 0 saturated carbocycles. The second kappa shape index (κ2) is 6.06. The Morgan fingerprint density at radius 1 is 1.53 bits per heavy atom. The fourth-order valence-electron chi connectivity index (χ4n) is 1.01. The van der Waals surface area contributed by atoms with E-state index in [1.165, 1.54) is 0 Å². The Bertz CT molecular complexity index is 333. The van der Waals surface area contributed by atoms with Gasteiger partial charge in [0, 0.05) is 17.6 Å². The number of rotatable bonds is 4. The highest BCUT2D eigenvalue weighted by Gasteiger charge is 2.12. The van der Waals surface area contributed by atoms with Crippen LogP contribution in [0.1, 0.15) is 13.8 Å². The van der Waals surface area contributed by atoms with E-state index in [2.05, 4.69) is 56.0 Å². The van der Waals surface area contributed by atoms with Crippen molar-refractivity contribution >= 4 is 49.3 Å². The Balaban J connectivity index is 2.72. The number of pyridine rings is 1. The third-order valence-corrected chi connectivity index (χ3v) is 4.10. The lowest BCUT2D eigenvalue weighted by atomic mass is 10.1. The van der Waals surface area contributed by atoms with Gasteiger partial charge in [-0.2, -0.15) is 0 Å². The molecule has 0 aliphatic heterocycles. The maximum Gasteiger partial charge on any atom is 0.140 e. The highest BCUT2D eigenvalue weighted by atomic mass is 79.9. The molecule has 1 rings (SSSR count). The van der Waals surface area contributed by atoms with Gasteiger partial charge < -0.3 is 5.32 Å². The summed E-state index contributed by atoms with van der Waals surface area (Å²) in [6.07, 6.45) is 1.64. The highest BCUT2D eigenvalue weighted by molar-refractivity contribution is 9.10. The quantitative estimate of drug-likeness (QED) is 0.812. The zero-order chi connectivity index (χ0) is 11.4. The van der Waals surface area contributed by atoms with Crippen LogP contribution in [-0.4, -0.2) is 16.4 Å². The molecule has 1 aromatic heterocycles. The van der Waals surface area contributed by atoms with Crippen LogP contribution in [0, 0.1) is 5.92 Å². The summed E-state index contributed by atoms with van der Waals surface area (Å²) in [5.41, 5.74) is 0. The highest BCUT2D eigenvalue weighted by Crippen LogP contribution is 2.24. The Labute approximate surface area is 112 Å². The molecule has 2 atom stereocenters. The molecule has 0 radical (unpaired) electrons. The van der Waals surface area contributed by atoms with Crippen LogP contribution in [0.25, 0.3) is 0 Å². The van der Waals surface area contributed by atoms with Crippen LogP contribution in [0.15, 0.2) is 16.7 Å². The van der Waals surface area contributed by atoms with Gasteiger partial charge in [0.2, 0.25) is 0 Å². The topological polar surface area (TPSA) is 24.9 Å². The van der Waals surface area contributed by atoms with Crippen molar-refractivity contribution in [3.8, 4) is 0 Å². The van der Waals surface area contributed by atoms with E-state index in [0.29, 0.717) is 17.0 Å². The molecular weight excluding hydrogens is 343 g/mol. The fraction of sp³-hybridized carbons (Fsp3) is 0.500. The number of anilines is 1. The van der Waals surface area contributed by atoms with Crippen molar-refractivity contribution < 1.29 is 0 Å². The first kappa shape index (κ1) is 13.3. The first-order valence-electron chi connectivity index (χ1n) is 4.68. The summed E-state index contributed by atoms with van der Waals surface area (Å²) in [4.78, 5) is 4.23. The van der Waals surface area contributed by atoms with E-state index >= 15 is 0 Å². The van der Waals surface area contributed by atoms with E-state index in [1.807, 2.05) is 6.07 Å². The number of nitrogens with zero attached hydrogens (tertiary/aromatic N) is 1. The SMILES string of the molecule is CC(CBr)C(C)Nc1ncc(Cl)cc1Br. The second-order valence-electron chi connectivity index (χ2n) is 3.55. The van der Waals surface area contributed by atoms with Crippen molar-refractivity contribution in [3.63, 3.8) is 0 Å². The summed E-state index contributed by atoms with van der Waals surface area (Å²) in [6, 6.07) is 2.19. The molecule has 0 spiro atoms. The average molecular weight is 356 g/mol. The van der Waals surface area contributed by atoms with Gasteiger partial charge in [-0.3, -0.25) is 0 Å². The Morgan fingerprint density at radius 2 is 2.20 bits per heavy atom. The zero-order valence-corrected chi connectivity index (χ0v) is 12.5. The van der Waals surface area contributed by atoms with Crippen LogP contribution < -0.4 is 5.32 Å². The van der Waals surface area contributed by atoms with Crippen LogP contribution in [0.4, 0.5) is 5.82 Å². The van der Waals surface area contributed by atoms with E-state index in [0.717, 1.165) is 15.6 Å². The van der Waals surface area contributed by atoms with Gasteiger partial charge in [-0.25, -0.2) is 4.98 Å². The van der Waals surface area contributed by atoms with Crippen LogP contribution in [0.3, 0.4) is 0 Å². The van der Waals surface area contributed by atoms with Gasteiger partial charge in [0.1, 0.15) is 5.82 Å². The molecule has 0 saturated heterocycles. The predicted molar refractivity (Wildman–Crippen MR) is 73.0 cm³/mol. The summed E-state index contributed by atoms with van der Waals surface area (Å²) >= 11 is 12.7. The number of nitrogens with one attached hydrogen (secondary N) is 1. The van der Waals surface area contributed by atoms with Crippen LogP contribution >= 0.6 is 43.5 Å². The number of aromatic nitrogens is 1. The largest absolute Gasteiger partial charge is 0.366 e. The Morgan fingerprint density at radius 3 is 2.73 bits per heavy atom. The maximum atomic E-state index is 5.82. The van der Waals surface area contributed by atoms with Crippen molar-refractivity contribution in [1.29, 1.82) is 0 Å². The minimum absolute atomic E-state index is 0.356. The van der Waals surface area contributed by atoms with Gasteiger partial charge in [0.15, 0.2) is 0 Å². The van der Waals surface area contributed by atoms with E-state index in [4.69, 9.17) is 11.6 Å². The molecule has 0 aromatic carbocycles. The number of alkyl halides is 1. The molecule has 2 nitrogen and oxygen atoms in total. The monoisotopic (exact) mass is 354 g/mol. The third-order valence-electron chi connectivity index (χ3n) is 2.27. The van der Waals surface area contributed by atoms with E-state index in [9.17, 15) is 0 Å². The molecule has 15 heavy (non-hydrogen) atoms. The van der Waals surface area contributed by atoms with Crippen LogP contribution in [0.5, 0.6) is 0 Å². The molecule has 2 unspecified atom stereocenters. The van der Waals surface area contributed by atoms with E-state index in [-0.39, 0.29) is 0 Å². The zero-order valence-electron chi connectivity index (χ0n) is 8.60. The fourth-order valence-corrected chi connectivity index (χ4v) is 2.33. The van der Waals surface area contributed by atoms with Crippen LogP contribution in [0.2, 0.25) is 5.02 Å². The first-order valence-corrected chi connectivity index (χ1v) is 6.97. The normalized spacial score (nSPS) is 14.7. The molecule has 5 heteroatoms. The van der Waals surface area contributed by atoms with E-state index < -0.39 is 0 Å². The summed E-state index contributed by atoms with van der Waals surface area (Å²) in [7, 11) is 0. The smallest absolute Gasteiger partial charge is 0.140 e. The van der Waals surface area contributed by atoms with Crippen molar-refractivity contribution in [2.45, 2.75) is 19.9 Å². The molecule has 0 bridgehead atoms. The van der Waals surface area contributed by atoms with Gasteiger partial charge in [-0.1, -0.05) is 34.5 Å². The molecule has 1 heterocycles. The van der Waals surface area contributed by atoms with Gasteiger partial charge in [0.25, 0.3) is 0 Å². The number of hydrogen-bond acceptors (Lipinski definition) is 2. The molecule has 1 aromatic rings. The molecular formula is C10H13Br2ClN2.